The van der Waals surface area contributed by atoms with Crippen molar-refractivity contribution in [1.29, 1.82) is 0 Å². The largest absolute Gasteiger partial charge is 0.392 e. The van der Waals surface area contributed by atoms with Crippen LogP contribution in [0.2, 0.25) is 0 Å². The molecule has 1 N–H and O–H groups in total. The normalized spacial score (nSPS) is 26.2. The van der Waals surface area contributed by atoms with Crippen LogP contribution < -0.4 is 0 Å². The van der Waals surface area contributed by atoms with Gasteiger partial charge in [0.05, 0.1) is 12.0 Å². The summed E-state index contributed by atoms with van der Waals surface area (Å²) in [5, 5.41) is 10.3. The van der Waals surface area contributed by atoms with E-state index < -0.39 is 24.1 Å². The summed E-state index contributed by atoms with van der Waals surface area (Å²) in [6, 6.07) is 7.13. The molecular formula is C15H19F3O. The van der Waals surface area contributed by atoms with Crippen LogP contribution in [0.4, 0.5) is 13.2 Å². The van der Waals surface area contributed by atoms with Crippen LogP contribution in [0.15, 0.2) is 24.3 Å². The Hall–Kier alpha value is -1.03. The minimum atomic E-state index is -4.21. The molecule has 3 unspecified atom stereocenters. The van der Waals surface area contributed by atoms with Gasteiger partial charge in [-0.05, 0) is 25.3 Å². The van der Waals surface area contributed by atoms with Crippen molar-refractivity contribution in [3.63, 3.8) is 0 Å². The van der Waals surface area contributed by atoms with Gasteiger partial charge in [0.2, 0.25) is 0 Å². The second-order valence-corrected chi connectivity index (χ2v) is 5.46. The second kappa shape index (κ2) is 5.53. The molecule has 0 heterocycles. The highest BCUT2D eigenvalue weighted by molar-refractivity contribution is 5.24. The Bertz CT molecular complexity index is 428. The van der Waals surface area contributed by atoms with Gasteiger partial charge in [-0.3, -0.25) is 0 Å². The first kappa shape index (κ1) is 14.4. The Balaban J connectivity index is 2.22. The molecule has 2 rings (SSSR count). The van der Waals surface area contributed by atoms with Gasteiger partial charge in [0.15, 0.2) is 0 Å². The zero-order valence-corrected chi connectivity index (χ0v) is 11.0. The lowest BCUT2D eigenvalue weighted by Crippen LogP contribution is -2.36. The third-order valence-electron chi connectivity index (χ3n) is 4.03. The van der Waals surface area contributed by atoms with E-state index in [0.29, 0.717) is 18.4 Å². The molecule has 0 aromatic heterocycles. The molecule has 3 atom stereocenters. The lowest BCUT2D eigenvalue weighted by atomic mass is 9.74. The fourth-order valence-corrected chi connectivity index (χ4v) is 3.05. The summed E-state index contributed by atoms with van der Waals surface area (Å²) in [6.07, 6.45) is -3.29. The number of halogens is 3. The summed E-state index contributed by atoms with van der Waals surface area (Å²) in [5.41, 5.74) is 1.55. The summed E-state index contributed by atoms with van der Waals surface area (Å²) < 4.78 is 39.1. The Morgan fingerprint density at radius 1 is 1.21 bits per heavy atom. The molecule has 0 bridgehead atoms. The molecule has 106 valence electrons. The fraction of sp³-hybridized carbons (Fsp3) is 0.600. The number of alkyl halides is 3. The zero-order valence-electron chi connectivity index (χ0n) is 11.0. The van der Waals surface area contributed by atoms with E-state index in [9.17, 15) is 18.3 Å². The van der Waals surface area contributed by atoms with Gasteiger partial charge in [0, 0.05) is 5.92 Å². The number of aliphatic hydroxyl groups is 1. The molecule has 1 aliphatic rings. The summed E-state index contributed by atoms with van der Waals surface area (Å²) in [7, 11) is 0. The van der Waals surface area contributed by atoms with Crippen molar-refractivity contribution >= 4 is 0 Å². The van der Waals surface area contributed by atoms with Crippen molar-refractivity contribution in [1.82, 2.24) is 0 Å². The summed E-state index contributed by atoms with van der Waals surface area (Å²) in [5.74, 6) is -2.09. The van der Waals surface area contributed by atoms with E-state index in [1.807, 2.05) is 13.0 Å². The Kier molecular flexibility index (Phi) is 4.19. The van der Waals surface area contributed by atoms with Crippen molar-refractivity contribution in [2.75, 3.05) is 0 Å². The Labute approximate surface area is 111 Å². The first-order valence-corrected chi connectivity index (χ1v) is 6.71. The molecule has 1 aromatic rings. The quantitative estimate of drug-likeness (QED) is 0.846. The predicted molar refractivity (Wildman–Crippen MR) is 67.6 cm³/mol. The molecule has 0 spiro atoms. The molecule has 1 aliphatic carbocycles. The Morgan fingerprint density at radius 2 is 1.89 bits per heavy atom. The molecule has 19 heavy (non-hydrogen) atoms. The number of hydrogen-bond donors (Lipinski definition) is 1. The molecule has 1 aromatic carbocycles. The first-order chi connectivity index (χ1) is 8.89. The van der Waals surface area contributed by atoms with Crippen LogP contribution >= 0.6 is 0 Å². The molecule has 1 saturated carbocycles. The van der Waals surface area contributed by atoms with Crippen LogP contribution in [0.1, 0.15) is 42.9 Å². The average molecular weight is 272 g/mol. The fourth-order valence-electron chi connectivity index (χ4n) is 3.05. The molecule has 4 heteroatoms. The van der Waals surface area contributed by atoms with Gasteiger partial charge in [-0.2, -0.15) is 13.2 Å². The van der Waals surface area contributed by atoms with Gasteiger partial charge >= 0.3 is 6.18 Å². The van der Waals surface area contributed by atoms with Crippen LogP contribution in [-0.2, 0) is 0 Å². The number of hydrogen-bond acceptors (Lipinski definition) is 1. The highest BCUT2D eigenvalue weighted by Gasteiger charge is 2.47. The molecule has 0 amide bonds. The van der Waals surface area contributed by atoms with Crippen molar-refractivity contribution in [2.24, 2.45) is 11.8 Å². The number of benzene rings is 1. The van der Waals surface area contributed by atoms with E-state index in [-0.39, 0.29) is 6.42 Å². The van der Waals surface area contributed by atoms with E-state index in [1.165, 1.54) is 0 Å². The van der Waals surface area contributed by atoms with Crippen LogP contribution in [0.3, 0.4) is 0 Å². The van der Waals surface area contributed by atoms with E-state index in [2.05, 4.69) is 0 Å². The molecule has 0 saturated heterocycles. The number of aryl methyl sites for hydroxylation is 1. The van der Waals surface area contributed by atoms with E-state index in [4.69, 9.17) is 0 Å². The summed E-state index contributed by atoms with van der Waals surface area (Å²) in [6.45, 7) is 1.87. The zero-order chi connectivity index (χ0) is 14.0. The second-order valence-electron chi connectivity index (χ2n) is 5.46. The first-order valence-electron chi connectivity index (χ1n) is 6.71. The summed E-state index contributed by atoms with van der Waals surface area (Å²) >= 11 is 0. The van der Waals surface area contributed by atoms with Crippen LogP contribution in [0, 0.1) is 18.8 Å². The lowest BCUT2D eigenvalue weighted by molar-refractivity contribution is -0.207. The van der Waals surface area contributed by atoms with Crippen molar-refractivity contribution < 1.29 is 18.3 Å². The van der Waals surface area contributed by atoms with Crippen LogP contribution in [-0.4, -0.2) is 11.3 Å². The molecule has 0 aliphatic heterocycles. The maximum absolute atomic E-state index is 13.0. The topological polar surface area (TPSA) is 20.2 Å². The number of aliphatic hydroxyl groups excluding tert-OH is 1. The Morgan fingerprint density at radius 3 is 2.53 bits per heavy atom. The average Bonchev–Trinajstić information content (AvgIpc) is 2.37. The van der Waals surface area contributed by atoms with Crippen molar-refractivity contribution in [3.05, 3.63) is 35.4 Å². The predicted octanol–water partition coefficient (Wildman–Crippen LogP) is 4.40. The van der Waals surface area contributed by atoms with Crippen molar-refractivity contribution in [3.8, 4) is 0 Å². The summed E-state index contributed by atoms with van der Waals surface area (Å²) in [4.78, 5) is 0. The highest BCUT2D eigenvalue weighted by Crippen LogP contribution is 2.46. The number of rotatable bonds is 2. The molecule has 1 nitrogen and oxygen atoms in total. The van der Waals surface area contributed by atoms with E-state index in [0.717, 1.165) is 12.0 Å². The maximum Gasteiger partial charge on any atom is 0.392 e. The lowest BCUT2D eigenvalue weighted by Gasteiger charge is -2.36. The highest BCUT2D eigenvalue weighted by atomic mass is 19.4. The van der Waals surface area contributed by atoms with E-state index >= 15 is 0 Å². The third kappa shape index (κ3) is 3.30. The maximum atomic E-state index is 13.0. The monoisotopic (exact) mass is 272 g/mol. The van der Waals surface area contributed by atoms with Crippen LogP contribution in [0.5, 0.6) is 0 Å². The van der Waals surface area contributed by atoms with Gasteiger partial charge in [-0.1, -0.05) is 42.7 Å². The minimum Gasteiger partial charge on any atom is -0.388 e. The van der Waals surface area contributed by atoms with Crippen molar-refractivity contribution in [2.45, 2.75) is 44.9 Å². The smallest absolute Gasteiger partial charge is 0.388 e. The molecular weight excluding hydrogens is 253 g/mol. The standard InChI is InChI=1S/C15H19F3O/c1-10-5-4-6-11(9-10)14(19)12-7-2-3-8-13(12)15(16,17)18/h4-6,9,12-14,19H,2-3,7-8H2,1H3. The van der Waals surface area contributed by atoms with Gasteiger partial charge in [-0.15, -0.1) is 0 Å². The SMILES string of the molecule is Cc1cccc(C(O)C2CCCCC2C(F)(F)F)c1. The van der Waals surface area contributed by atoms with Gasteiger partial charge < -0.3 is 5.11 Å². The molecule has 0 radical (unpaired) electrons. The van der Waals surface area contributed by atoms with Gasteiger partial charge in [0.25, 0.3) is 0 Å². The van der Waals surface area contributed by atoms with Gasteiger partial charge in [0.1, 0.15) is 0 Å². The van der Waals surface area contributed by atoms with Gasteiger partial charge in [-0.25, -0.2) is 0 Å². The van der Waals surface area contributed by atoms with Crippen LogP contribution in [0.25, 0.3) is 0 Å². The minimum absolute atomic E-state index is 0.136. The third-order valence-corrected chi connectivity index (χ3v) is 4.03. The van der Waals surface area contributed by atoms with E-state index in [1.54, 1.807) is 18.2 Å². The molecule has 1 fully saturated rings.